The van der Waals surface area contributed by atoms with Gasteiger partial charge in [-0.3, -0.25) is 19.3 Å². The van der Waals surface area contributed by atoms with Crippen LogP contribution in [0.3, 0.4) is 0 Å². The van der Waals surface area contributed by atoms with Crippen molar-refractivity contribution < 1.29 is 19.1 Å². The minimum absolute atomic E-state index is 0.0912. The largest absolute Gasteiger partial charge is 0.478 e. The van der Waals surface area contributed by atoms with Crippen LogP contribution in [0.5, 0.6) is 5.75 Å². The molecule has 148 valence electrons. The van der Waals surface area contributed by atoms with Gasteiger partial charge in [0.2, 0.25) is 11.7 Å². The average Bonchev–Trinajstić information content (AvgIpc) is 3.24. The zero-order valence-electron chi connectivity index (χ0n) is 16.1. The number of nitrogens with zero attached hydrogens (tertiary/aromatic N) is 1. The van der Waals surface area contributed by atoms with Gasteiger partial charge in [-0.2, -0.15) is 0 Å². The SMILES string of the molecule is CCCCNC(=O)CN1C(=O)[C@H](CC)Oc2ccc(C(=O)c3cccs3)cc21. The number of rotatable bonds is 8. The number of ether oxygens (including phenoxy) is 1. The van der Waals surface area contributed by atoms with Crippen LogP contribution in [-0.4, -0.2) is 36.8 Å². The van der Waals surface area contributed by atoms with E-state index >= 15 is 0 Å². The van der Waals surface area contributed by atoms with Crippen LogP contribution in [0.1, 0.15) is 48.3 Å². The van der Waals surface area contributed by atoms with Gasteiger partial charge in [0.15, 0.2) is 6.10 Å². The normalized spacial score (nSPS) is 15.7. The summed E-state index contributed by atoms with van der Waals surface area (Å²) in [5, 5.41) is 4.68. The second kappa shape index (κ2) is 9.01. The summed E-state index contributed by atoms with van der Waals surface area (Å²) < 4.78 is 5.80. The maximum absolute atomic E-state index is 12.8. The zero-order chi connectivity index (χ0) is 20.1. The molecule has 1 N–H and O–H groups in total. The maximum atomic E-state index is 12.8. The van der Waals surface area contributed by atoms with Crippen LogP contribution in [0.4, 0.5) is 5.69 Å². The van der Waals surface area contributed by atoms with Gasteiger partial charge in [-0.15, -0.1) is 11.3 Å². The molecule has 28 heavy (non-hydrogen) atoms. The quantitative estimate of drug-likeness (QED) is 0.544. The number of anilines is 1. The summed E-state index contributed by atoms with van der Waals surface area (Å²) in [5.74, 6) is -0.0911. The number of ketones is 1. The number of thiophene rings is 1. The van der Waals surface area contributed by atoms with E-state index in [9.17, 15) is 14.4 Å². The molecule has 6 nitrogen and oxygen atoms in total. The van der Waals surface area contributed by atoms with E-state index in [1.54, 1.807) is 24.3 Å². The summed E-state index contributed by atoms with van der Waals surface area (Å²) in [7, 11) is 0. The molecule has 0 fully saturated rings. The molecule has 0 bridgehead atoms. The highest BCUT2D eigenvalue weighted by Crippen LogP contribution is 2.36. The molecule has 0 saturated carbocycles. The third kappa shape index (κ3) is 4.25. The first kappa shape index (κ1) is 20.1. The first-order valence-corrected chi connectivity index (χ1v) is 10.4. The number of fused-ring (bicyclic) bond motifs is 1. The van der Waals surface area contributed by atoms with Crippen molar-refractivity contribution in [3.8, 4) is 5.75 Å². The number of hydrogen-bond acceptors (Lipinski definition) is 5. The molecule has 2 aromatic rings. The highest BCUT2D eigenvalue weighted by Gasteiger charge is 2.35. The van der Waals surface area contributed by atoms with Crippen LogP contribution in [0, 0.1) is 0 Å². The summed E-state index contributed by atoms with van der Waals surface area (Å²) in [6, 6.07) is 8.62. The van der Waals surface area contributed by atoms with Crippen LogP contribution >= 0.6 is 11.3 Å². The number of hydrogen-bond donors (Lipinski definition) is 1. The summed E-state index contributed by atoms with van der Waals surface area (Å²) >= 11 is 1.37. The summed E-state index contributed by atoms with van der Waals surface area (Å²) in [6.07, 6.45) is 1.74. The summed E-state index contributed by atoms with van der Waals surface area (Å²) in [4.78, 5) is 39.9. The van der Waals surface area contributed by atoms with Gasteiger partial charge in [0.1, 0.15) is 12.3 Å². The molecule has 7 heteroatoms. The van der Waals surface area contributed by atoms with Crippen LogP contribution < -0.4 is 15.0 Å². The number of unbranched alkanes of at least 4 members (excludes halogenated alkanes) is 1. The first-order chi connectivity index (χ1) is 13.5. The molecule has 1 aromatic heterocycles. The van der Waals surface area contributed by atoms with Gasteiger partial charge in [0.05, 0.1) is 10.6 Å². The van der Waals surface area contributed by atoms with Crippen LogP contribution in [0.15, 0.2) is 35.7 Å². The monoisotopic (exact) mass is 400 g/mol. The van der Waals surface area contributed by atoms with Crippen molar-refractivity contribution in [2.45, 2.75) is 39.2 Å². The summed E-state index contributed by atoms with van der Waals surface area (Å²) in [5.41, 5.74) is 0.923. The second-order valence-electron chi connectivity index (χ2n) is 6.63. The van der Waals surface area contributed by atoms with E-state index < -0.39 is 6.10 Å². The predicted octanol–water partition coefficient (Wildman–Crippen LogP) is 3.40. The lowest BCUT2D eigenvalue weighted by molar-refractivity contribution is -0.129. The average molecular weight is 401 g/mol. The highest BCUT2D eigenvalue weighted by molar-refractivity contribution is 7.12. The molecule has 0 saturated heterocycles. The van der Waals surface area contributed by atoms with Crippen molar-refractivity contribution in [3.05, 3.63) is 46.2 Å². The fourth-order valence-corrected chi connectivity index (χ4v) is 3.73. The van der Waals surface area contributed by atoms with Crippen molar-refractivity contribution in [2.24, 2.45) is 0 Å². The molecule has 2 heterocycles. The lowest BCUT2D eigenvalue weighted by atomic mass is 10.1. The van der Waals surface area contributed by atoms with Crippen molar-refractivity contribution in [2.75, 3.05) is 18.0 Å². The highest BCUT2D eigenvalue weighted by atomic mass is 32.1. The van der Waals surface area contributed by atoms with Crippen LogP contribution in [0.2, 0.25) is 0 Å². The number of carbonyl (C=O) groups is 3. The molecular weight excluding hydrogens is 376 g/mol. The number of nitrogens with one attached hydrogen (secondary N) is 1. The van der Waals surface area contributed by atoms with Gasteiger partial charge < -0.3 is 10.1 Å². The van der Waals surface area contributed by atoms with Crippen molar-refractivity contribution in [3.63, 3.8) is 0 Å². The molecule has 0 unspecified atom stereocenters. The molecule has 0 aliphatic carbocycles. The lowest BCUT2D eigenvalue weighted by Gasteiger charge is -2.34. The van der Waals surface area contributed by atoms with Crippen LogP contribution in [0.25, 0.3) is 0 Å². The summed E-state index contributed by atoms with van der Waals surface area (Å²) in [6.45, 7) is 4.40. The van der Waals surface area contributed by atoms with Gasteiger partial charge in [-0.05, 0) is 42.5 Å². The smallest absolute Gasteiger partial charge is 0.268 e. The minimum Gasteiger partial charge on any atom is -0.478 e. The minimum atomic E-state index is -0.630. The van der Waals surface area contributed by atoms with Gasteiger partial charge in [-0.25, -0.2) is 0 Å². The molecular formula is C21H24N2O4S. The third-order valence-corrected chi connectivity index (χ3v) is 5.46. The Morgan fingerprint density at radius 1 is 1.25 bits per heavy atom. The Hall–Kier alpha value is -2.67. The Labute approximate surface area is 168 Å². The third-order valence-electron chi connectivity index (χ3n) is 4.59. The standard InChI is InChI=1S/C21H24N2O4S/c1-3-5-10-22-19(24)13-23-15-12-14(20(25)18-7-6-11-28-18)8-9-17(15)27-16(4-2)21(23)26/h6-9,11-12,16H,3-5,10,13H2,1-2H3,(H,22,24)/t16-/m0/s1. The molecule has 2 amide bonds. The van der Waals surface area contributed by atoms with E-state index in [0.29, 0.717) is 34.8 Å². The van der Waals surface area contributed by atoms with E-state index in [1.807, 2.05) is 25.3 Å². The van der Waals surface area contributed by atoms with Crippen molar-refractivity contribution in [1.82, 2.24) is 5.32 Å². The maximum Gasteiger partial charge on any atom is 0.268 e. The zero-order valence-corrected chi connectivity index (χ0v) is 16.9. The Bertz CT molecular complexity index is 863. The number of benzene rings is 1. The predicted molar refractivity (Wildman–Crippen MR) is 109 cm³/mol. The van der Waals surface area contributed by atoms with E-state index in [-0.39, 0.29) is 24.1 Å². The Kier molecular flexibility index (Phi) is 6.46. The Morgan fingerprint density at radius 3 is 2.75 bits per heavy atom. The van der Waals surface area contributed by atoms with E-state index in [1.165, 1.54) is 16.2 Å². The fourth-order valence-electron chi connectivity index (χ4n) is 3.04. The van der Waals surface area contributed by atoms with Gasteiger partial charge in [0.25, 0.3) is 5.91 Å². The molecule has 0 radical (unpaired) electrons. The fraction of sp³-hybridized carbons (Fsp3) is 0.381. The van der Waals surface area contributed by atoms with Gasteiger partial charge >= 0.3 is 0 Å². The second-order valence-corrected chi connectivity index (χ2v) is 7.58. The lowest BCUT2D eigenvalue weighted by Crippen LogP contribution is -2.49. The van der Waals surface area contributed by atoms with Crippen molar-refractivity contribution in [1.29, 1.82) is 0 Å². The van der Waals surface area contributed by atoms with E-state index in [4.69, 9.17) is 4.74 Å². The van der Waals surface area contributed by atoms with Gasteiger partial charge in [-0.1, -0.05) is 26.3 Å². The van der Waals surface area contributed by atoms with Crippen LogP contribution in [-0.2, 0) is 9.59 Å². The van der Waals surface area contributed by atoms with Crippen molar-refractivity contribution >= 4 is 34.6 Å². The number of carbonyl (C=O) groups excluding carboxylic acids is 3. The Morgan fingerprint density at radius 2 is 2.07 bits per heavy atom. The number of amides is 2. The first-order valence-electron chi connectivity index (χ1n) is 9.52. The molecule has 1 aliphatic heterocycles. The van der Waals surface area contributed by atoms with Gasteiger partial charge in [0, 0.05) is 12.1 Å². The molecule has 1 aliphatic rings. The molecule has 0 spiro atoms. The topological polar surface area (TPSA) is 75.7 Å². The van der Waals surface area contributed by atoms with E-state index in [2.05, 4.69) is 5.32 Å². The van der Waals surface area contributed by atoms with E-state index in [0.717, 1.165) is 12.8 Å². The molecule has 1 aromatic carbocycles. The Balaban J connectivity index is 1.89. The molecule has 3 rings (SSSR count). The molecule has 1 atom stereocenters.